The molecule has 0 unspecified atom stereocenters. The number of aromatic nitrogens is 2. The van der Waals surface area contributed by atoms with Gasteiger partial charge in [0.2, 0.25) is 0 Å². The number of fused-ring (bicyclic) bond motifs is 2. The lowest BCUT2D eigenvalue weighted by molar-refractivity contribution is 0.0784. The number of H-pyrrole nitrogens is 1. The molecule has 1 aliphatic carbocycles. The van der Waals surface area contributed by atoms with E-state index in [0.29, 0.717) is 17.7 Å². The zero-order valence-corrected chi connectivity index (χ0v) is 15.1. The van der Waals surface area contributed by atoms with E-state index in [1.54, 1.807) is 0 Å². The van der Waals surface area contributed by atoms with Crippen LogP contribution in [0.2, 0.25) is 0 Å². The number of anilines is 1. The van der Waals surface area contributed by atoms with Gasteiger partial charge in [0.1, 0.15) is 0 Å². The topological polar surface area (TPSA) is 75.0 Å². The highest BCUT2D eigenvalue weighted by Crippen LogP contribution is 2.34. The zero-order chi connectivity index (χ0) is 18.4. The van der Waals surface area contributed by atoms with Gasteiger partial charge in [0.15, 0.2) is 5.82 Å². The van der Waals surface area contributed by atoms with Crippen molar-refractivity contribution in [3.8, 4) is 11.1 Å². The minimum Gasteiger partial charge on any atom is -0.382 e. The van der Waals surface area contributed by atoms with Gasteiger partial charge in [0.25, 0.3) is 5.91 Å². The average molecular weight is 358 g/mol. The van der Waals surface area contributed by atoms with Crippen LogP contribution in [0.3, 0.4) is 0 Å². The Bertz CT molecular complexity index is 1040. The summed E-state index contributed by atoms with van der Waals surface area (Å²) >= 11 is 0. The first-order chi connectivity index (χ1) is 13.2. The molecule has 3 N–H and O–H groups in total. The fraction of sp³-hybridized carbons (Fsp3) is 0.273. The highest BCUT2D eigenvalue weighted by molar-refractivity contribution is 5.97. The second kappa shape index (κ2) is 6.27. The first kappa shape index (κ1) is 16.1. The molecule has 1 aromatic heterocycles. The molecule has 5 rings (SSSR count). The number of nitrogen functional groups attached to an aromatic ring is 1. The van der Waals surface area contributed by atoms with E-state index in [9.17, 15) is 4.79 Å². The zero-order valence-electron chi connectivity index (χ0n) is 15.1. The van der Waals surface area contributed by atoms with Crippen LogP contribution in [-0.4, -0.2) is 34.1 Å². The molecule has 0 saturated carbocycles. The Labute approximate surface area is 157 Å². The summed E-state index contributed by atoms with van der Waals surface area (Å²) in [5.41, 5.74) is 9.64. The van der Waals surface area contributed by atoms with Crippen LogP contribution in [0.5, 0.6) is 0 Å². The Morgan fingerprint density at radius 3 is 2.56 bits per heavy atom. The smallest absolute Gasteiger partial charge is 0.253 e. The van der Waals surface area contributed by atoms with Gasteiger partial charge in [-0.15, -0.1) is 0 Å². The lowest BCUT2D eigenvalue weighted by Gasteiger charge is -2.17. The molecule has 5 nitrogen and oxygen atoms in total. The van der Waals surface area contributed by atoms with Gasteiger partial charge < -0.3 is 10.6 Å². The Hall–Kier alpha value is -3.08. The molecular weight excluding hydrogens is 336 g/mol. The maximum absolute atomic E-state index is 13.1. The number of nitrogens with two attached hydrogens (primary N) is 1. The molecule has 1 amide bonds. The van der Waals surface area contributed by atoms with E-state index in [2.05, 4.69) is 22.3 Å². The van der Waals surface area contributed by atoms with Gasteiger partial charge in [-0.1, -0.05) is 30.4 Å². The first-order valence-corrected chi connectivity index (χ1v) is 9.47. The number of benzene rings is 2. The second-order valence-corrected chi connectivity index (χ2v) is 7.62. The van der Waals surface area contributed by atoms with Gasteiger partial charge in [-0.2, -0.15) is 5.10 Å². The molecule has 27 heavy (non-hydrogen) atoms. The number of amides is 1. The normalized spacial score (nSPS) is 21.6. The number of rotatable bonds is 2. The summed E-state index contributed by atoms with van der Waals surface area (Å²) < 4.78 is 0. The number of allylic oxidation sites excluding steroid dienone is 2. The van der Waals surface area contributed by atoms with Crippen LogP contribution in [0.4, 0.5) is 5.82 Å². The Morgan fingerprint density at radius 1 is 1.04 bits per heavy atom. The average Bonchev–Trinajstić information content (AvgIpc) is 3.31. The second-order valence-electron chi connectivity index (χ2n) is 7.62. The van der Waals surface area contributed by atoms with Crippen LogP contribution in [0.15, 0.2) is 54.6 Å². The summed E-state index contributed by atoms with van der Waals surface area (Å²) in [4.78, 5) is 15.1. The van der Waals surface area contributed by atoms with Crippen molar-refractivity contribution in [1.29, 1.82) is 0 Å². The molecule has 1 fully saturated rings. The van der Waals surface area contributed by atoms with Crippen molar-refractivity contribution < 1.29 is 4.79 Å². The summed E-state index contributed by atoms with van der Waals surface area (Å²) in [6, 6.07) is 13.9. The van der Waals surface area contributed by atoms with Crippen molar-refractivity contribution >= 4 is 22.6 Å². The van der Waals surface area contributed by atoms with Crippen molar-refractivity contribution in [3.05, 3.63) is 60.2 Å². The predicted octanol–water partition coefficient (Wildman–Crippen LogP) is 3.85. The van der Waals surface area contributed by atoms with E-state index in [1.807, 2.05) is 47.4 Å². The molecule has 0 spiro atoms. The Morgan fingerprint density at radius 2 is 1.78 bits per heavy atom. The monoisotopic (exact) mass is 358 g/mol. The summed E-state index contributed by atoms with van der Waals surface area (Å²) in [6.07, 6.45) is 6.71. The van der Waals surface area contributed by atoms with Crippen LogP contribution in [-0.2, 0) is 0 Å². The molecular formula is C22H22N4O. The fourth-order valence-electron chi connectivity index (χ4n) is 4.41. The van der Waals surface area contributed by atoms with Gasteiger partial charge in [-0.25, -0.2) is 0 Å². The standard InChI is InChI=1S/C22H22N4O/c23-21-19-11-15(8-9-20(19)24-25-21)14-6-3-7-16(10-14)22(27)26-12-17-4-1-2-5-18(17)13-26/h1-3,6-11,17-18H,4-5,12-13H2,(H3,23,24,25)/t17-,18+. The summed E-state index contributed by atoms with van der Waals surface area (Å²) in [5, 5.41) is 7.87. The van der Waals surface area contributed by atoms with Crippen molar-refractivity contribution in [3.63, 3.8) is 0 Å². The van der Waals surface area contributed by atoms with Gasteiger partial charge in [-0.3, -0.25) is 9.89 Å². The Kier molecular flexibility index (Phi) is 3.74. The van der Waals surface area contributed by atoms with E-state index in [0.717, 1.165) is 53.5 Å². The quantitative estimate of drug-likeness (QED) is 0.683. The van der Waals surface area contributed by atoms with Crippen LogP contribution < -0.4 is 5.73 Å². The number of hydrogen-bond donors (Lipinski definition) is 2. The van der Waals surface area contributed by atoms with E-state index in [-0.39, 0.29) is 5.91 Å². The van der Waals surface area contributed by atoms with E-state index in [1.165, 1.54) is 0 Å². The third kappa shape index (κ3) is 2.79. The molecule has 1 saturated heterocycles. The third-order valence-corrected chi connectivity index (χ3v) is 5.94. The number of nitrogens with one attached hydrogen (secondary N) is 1. The predicted molar refractivity (Wildman–Crippen MR) is 107 cm³/mol. The molecule has 2 heterocycles. The molecule has 2 aromatic carbocycles. The lowest BCUT2D eigenvalue weighted by Crippen LogP contribution is -2.29. The van der Waals surface area contributed by atoms with Crippen molar-refractivity contribution in [2.24, 2.45) is 11.8 Å². The van der Waals surface area contributed by atoms with Crippen LogP contribution in [0.25, 0.3) is 22.0 Å². The lowest BCUT2D eigenvalue weighted by atomic mass is 9.86. The molecule has 136 valence electrons. The fourth-order valence-corrected chi connectivity index (χ4v) is 4.41. The molecule has 1 aliphatic heterocycles. The molecule has 0 radical (unpaired) electrons. The number of carbonyl (C=O) groups is 1. The summed E-state index contributed by atoms with van der Waals surface area (Å²) in [6.45, 7) is 1.74. The molecule has 0 bridgehead atoms. The van der Waals surface area contributed by atoms with Crippen molar-refractivity contribution in [2.45, 2.75) is 12.8 Å². The number of likely N-dealkylation sites (tertiary alicyclic amines) is 1. The minimum atomic E-state index is 0.134. The van der Waals surface area contributed by atoms with E-state index in [4.69, 9.17) is 5.73 Å². The highest BCUT2D eigenvalue weighted by atomic mass is 16.2. The minimum absolute atomic E-state index is 0.134. The molecule has 2 aliphatic rings. The maximum atomic E-state index is 13.1. The number of aromatic amines is 1. The van der Waals surface area contributed by atoms with Crippen molar-refractivity contribution in [1.82, 2.24) is 15.1 Å². The highest BCUT2D eigenvalue weighted by Gasteiger charge is 2.35. The van der Waals surface area contributed by atoms with Gasteiger partial charge >= 0.3 is 0 Å². The first-order valence-electron chi connectivity index (χ1n) is 9.47. The Balaban J connectivity index is 1.43. The van der Waals surface area contributed by atoms with Crippen LogP contribution in [0, 0.1) is 11.8 Å². The van der Waals surface area contributed by atoms with Gasteiger partial charge in [0.05, 0.1) is 5.52 Å². The summed E-state index contributed by atoms with van der Waals surface area (Å²) in [5.74, 6) is 1.87. The van der Waals surface area contributed by atoms with Crippen LogP contribution >= 0.6 is 0 Å². The third-order valence-electron chi connectivity index (χ3n) is 5.94. The molecule has 2 atom stereocenters. The number of nitrogens with zero attached hydrogens (tertiary/aromatic N) is 2. The van der Waals surface area contributed by atoms with Crippen molar-refractivity contribution in [2.75, 3.05) is 18.8 Å². The summed E-state index contributed by atoms with van der Waals surface area (Å²) in [7, 11) is 0. The number of carbonyl (C=O) groups excluding carboxylic acids is 1. The number of hydrogen-bond acceptors (Lipinski definition) is 3. The molecule has 5 heteroatoms. The van der Waals surface area contributed by atoms with Gasteiger partial charge in [0, 0.05) is 24.0 Å². The largest absolute Gasteiger partial charge is 0.382 e. The SMILES string of the molecule is Nc1n[nH]c2ccc(-c3cccc(C(=O)N4C[C@H]5CC=CC[C@H]5C4)c3)cc12. The van der Waals surface area contributed by atoms with E-state index < -0.39 is 0 Å². The molecule has 3 aromatic rings. The van der Waals surface area contributed by atoms with E-state index >= 15 is 0 Å². The maximum Gasteiger partial charge on any atom is 0.253 e. The van der Waals surface area contributed by atoms with Crippen LogP contribution in [0.1, 0.15) is 23.2 Å². The van der Waals surface area contributed by atoms with Gasteiger partial charge in [-0.05, 0) is 60.1 Å².